The van der Waals surface area contributed by atoms with Gasteiger partial charge in [0.05, 0.1) is 12.3 Å². The SMILES string of the molecule is Cc1cc(C2(CO)CC2)no1. The first-order valence-corrected chi connectivity index (χ1v) is 3.81. The third-order valence-electron chi connectivity index (χ3n) is 2.33. The van der Waals surface area contributed by atoms with Crippen molar-refractivity contribution in [3.8, 4) is 0 Å². The maximum Gasteiger partial charge on any atom is 0.133 e. The Labute approximate surface area is 65.0 Å². The molecule has 0 aromatic carbocycles. The molecular weight excluding hydrogens is 142 g/mol. The molecule has 60 valence electrons. The number of aromatic nitrogens is 1. The van der Waals surface area contributed by atoms with Crippen LogP contribution in [0, 0.1) is 6.92 Å². The Bertz CT molecular complexity index is 263. The second-order valence-corrected chi connectivity index (χ2v) is 3.26. The Morgan fingerprint density at radius 2 is 2.45 bits per heavy atom. The van der Waals surface area contributed by atoms with E-state index >= 15 is 0 Å². The van der Waals surface area contributed by atoms with Crippen molar-refractivity contribution in [2.45, 2.75) is 25.2 Å². The van der Waals surface area contributed by atoms with Crippen LogP contribution in [0.15, 0.2) is 10.6 Å². The van der Waals surface area contributed by atoms with Gasteiger partial charge in [-0.3, -0.25) is 0 Å². The molecule has 1 aromatic heterocycles. The van der Waals surface area contributed by atoms with E-state index < -0.39 is 0 Å². The Hall–Kier alpha value is -0.830. The van der Waals surface area contributed by atoms with Crippen LogP contribution in [0.1, 0.15) is 24.3 Å². The molecule has 1 N–H and O–H groups in total. The predicted molar refractivity (Wildman–Crippen MR) is 39.2 cm³/mol. The summed E-state index contributed by atoms with van der Waals surface area (Å²) in [6.07, 6.45) is 2.07. The molecule has 1 saturated carbocycles. The highest BCUT2D eigenvalue weighted by atomic mass is 16.5. The molecule has 0 aliphatic heterocycles. The molecule has 0 unspecified atom stereocenters. The van der Waals surface area contributed by atoms with Crippen molar-refractivity contribution in [1.82, 2.24) is 5.16 Å². The van der Waals surface area contributed by atoms with E-state index in [1.54, 1.807) is 0 Å². The lowest BCUT2D eigenvalue weighted by atomic mass is 10.0. The van der Waals surface area contributed by atoms with Crippen LogP contribution in [-0.2, 0) is 5.41 Å². The van der Waals surface area contributed by atoms with E-state index in [1.807, 2.05) is 13.0 Å². The van der Waals surface area contributed by atoms with Crippen LogP contribution in [0.25, 0.3) is 0 Å². The summed E-state index contributed by atoms with van der Waals surface area (Å²) in [6, 6.07) is 1.91. The molecule has 0 spiro atoms. The maximum atomic E-state index is 9.04. The second-order valence-electron chi connectivity index (χ2n) is 3.26. The minimum atomic E-state index is -0.0439. The molecule has 11 heavy (non-hydrogen) atoms. The van der Waals surface area contributed by atoms with Gasteiger partial charge in [0.15, 0.2) is 0 Å². The van der Waals surface area contributed by atoms with Crippen molar-refractivity contribution in [2.24, 2.45) is 0 Å². The first-order valence-electron chi connectivity index (χ1n) is 3.81. The standard InChI is InChI=1S/C8H11NO2/c1-6-4-7(9-11-6)8(5-10)2-3-8/h4,10H,2-3,5H2,1H3. The molecular formula is C8H11NO2. The van der Waals surface area contributed by atoms with Crippen molar-refractivity contribution in [3.63, 3.8) is 0 Å². The summed E-state index contributed by atoms with van der Waals surface area (Å²) >= 11 is 0. The van der Waals surface area contributed by atoms with Gasteiger partial charge in [0.25, 0.3) is 0 Å². The van der Waals surface area contributed by atoms with E-state index in [9.17, 15) is 0 Å². The molecule has 0 atom stereocenters. The van der Waals surface area contributed by atoms with Crippen LogP contribution in [0.2, 0.25) is 0 Å². The van der Waals surface area contributed by atoms with Crippen molar-refractivity contribution < 1.29 is 9.63 Å². The number of aliphatic hydroxyl groups excluding tert-OH is 1. The summed E-state index contributed by atoms with van der Waals surface area (Å²) in [5, 5.41) is 12.9. The van der Waals surface area contributed by atoms with Gasteiger partial charge in [-0.25, -0.2) is 0 Å². The zero-order valence-corrected chi connectivity index (χ0v) is 6.50. The molecule has 1 aliphatic carbocycles. The quantitative estimate of drug-likeness (QED) is 0.689. The van der Waals surface area contributed by atoms with Gasteiger partial charge >= 0.3 is 0 Å². The number of nitrogens with zero attached hydrogens (tertiary/aromatic N) is 1. The molecule has 3 heteroatoms. The number of hydrogen-bond donors (Lipinski definition) is 1. The molecule has 1 fully saturated rings. The summed E-state index contributed by atoms with van der Waals surface area (Å²) < 4.78 is 4.93. The lowest BCUT2D eigenvalue weighted by Crippen LogP contribution is -2.11. The third kappa shape index (κ3) is 0.959. The Morgan fingerprint density at radius 1 is 1.73 bits per heavy atom. The Balaban J connectivity index is 2.29. The van der Waals surface area contributed by atoms with Crippen molar-refractivity contribution in [1.29, 1.82) is 0 Å². The average Bonchev–Trinajstić information content (AvgIpc) is 2.70. The van der Waals surface area contributed by atoms with E-state index in [0.717, 1.165) is 24.3 Å². The fraction of sp³-hybridized carbons (Fsp3) is 0.625. The number of rotatable bonds is 2. The van der Waals surface area contributed by atoms with Crippen molar-refractivity contribution in [3.05, 3.63) is 17.5 Å². The number of aryl methyl sites for hydroxylation is 1. The topological polar surface area (TPSA) is 46.3 Å². The first kappa shape index (κ1) is 6.85. The monoisotopic (exact) mass is 153 g/mol. The minimum Gasteiger partial charge on any atom is -0.395 e. The summed E-state index contributed by atoms with van der Waals surface area (Å²) in [7, 11) is 0. The van der Waals surface area contributed by atoms with Gasteiger partial charge in [0.1, 0.15) is 5.76 Å². The Kier molecular flexibility index (Phi) is 1.29. The van der Waals surface area contributed by atoms with Crippen LogP contribution in [0.3, 0.4) is 0 Å². The van der Waals surface area contributed by atoms with Gasteiger partial charge in [-0.15, -0.1) is 0 Å². The number of aliphatic hydroxyl groups is 1. The highest BCUT2D eigenvalue weighted by Gasteiger charge is 2.46. The van der Waals surface area contributed by atoms with Gasteiger partial charge in [-0.1, -0.05) is 5.16 Å². The average molecular weight is 153 g/mol. The first-order chi connectivity index (χ1) is 5.27. The summed E-state index contributed by atoms with van der Waals surface area (Å²) in [5.41, 5.74) is 0.870. The van der Waals surface area contributed by atoms with E-state index in [4.69, 9.17) is 9.63 Å². The number of hydrogen-bond acceptors (Lipinski definition) is 3. The summed E-state index contributed by atoms with van der Waals surface area (Å²) in [4.78, 5) is 0. The van der Waals surface area contributed by atoms with Gasteiger partial charge in [-0.2, -0.15) is 0 Å². The van der Waals surface area contributed by atoms with Gasteiger partial charge in [-0.05, 0) is 19.8 Å². The van der Waals surface area contributed by atoms with Gasteiger partial charge < -0.3 is 9.63 Å². The lowest BCUT2D eigenvalue weighted by Gasteiger charge is -2.04. The highest BCUT2D eigenvalue weighted by Crippen LogP contribution is 2.46. The molecule has 0 radical (unpaired) electrons. The Morgan fingerprint density at radius 3 is 2.82 bits per heavy atom. The van der Waals surface area contributed by atoms with Crippen molar-refractivity contribution in [2.75, 3.05) is 6.61 Å². The second kappa shape index (κ2) is 2.08. The molecule has 2 rings (SSSR count). The van der Waals surface area contributed by atoms with Gasteiger partial charge in [0.2, 0.25) is 0 Å². The molecule has 0 bridgehead atoms. The zero-order chi connectivity index (χ0) is 7.90. The van der Waals surface area contributed by atoms with E-state index in [2.05, 4.69) is 5.16 Å². The van der Waals surface area contributed by atoms with Crippen LogP contribution >= 0.6 is 0 Å². The molecule has 1 heterocycles. The van der Waals surface area contributed by atoms with Crippen LogP contribution in [-0.4, -0.2) is 16.9 Å². The summed E-state index contributed by atoms with van der Waals surface area (Å²) in [5.74, 6) is 0.819. The largest absolute Gasteiger partial charge is 0.395 e. The summed E-state index contributed by atoms with van der Waals surface area (Å²) in [6.45, 7) is 2.06. The highest BCUT2D eigenvalue weighted by molar-refractivity contribution is 5.24. The van der Waals surface area contributed by atoms with Crippen LogP contribution < -0.4 is 0 Å². The van der Waals surface area contributed by atoms with E-state index in [-0.39, 0.29) is 12.0 Å². The van der Waals surface area contributed by atoms with Crippen LogP contribution in [0.5, 0.6) is 0 Å². The molecule has 0 saturated heterocycles. The van der Waals surface area contributed by atoms with Crippen molar-refractivity contribution >= 4 is 0 Å². The zero-order valence-electron chi connectivity index (χ0n) is 6.50. The van der Waals surface area contributed by atoms with E-state index in [1.165, 1.54) is 0 Å². The normalized spacial score (nSPS) is 20.2. The predicted octanol–water partition coefficient (Wildman–Crippen LogP) is 1.01. The lowest BCUT2D eigenvalue weighted by molar-refractivity contribution is 0.247. The third-order valence-corrected chi connectivity index (χ3v) is 2.33. The molecule has 3 nitrogen and oxygen atoms in total. The van der Waals surface area contributed by atoms with E-state index in [0.29, 0.717) is 0 Å². The minimum absolute atomic E-state index is 0.0439. The molecule has 1 aliphatic rings. The van der Waals surface area contributed by atoms with Crippen LogP contribution in [0.4, 0.5) is 0 Å². The fourth-order valence-corrected chi connectivity index (χ4v) is 1.26. The smallest absolute Gasteiger partial charge is 0.133 e. The maximum absolute atomic E-state index is 9.04. The fourth-order valence-electron chi connectivity index (χ4n) is 1.26. The molecule has 0 amide bonds. The molecule has 1 aromatic rings. The van der Waals surface area contributed by atoms with Gasteiger partial charge in [0, 0.05) is 11.5 Å².